The highest BCUT2D eigenvalue weighted by atomic mass is 16.1. The van der Waals surface area contributed by atoms with Gasteiger partial charge in [0.2, 0.25) is 0 Å². The van der Waals surface area contributed by atoms with Gasteiger partial charge in [0.25, 0.3) is 0 Å². The molecule has 1 atom stereocenters. The van der Waals surface area contributed by atoms with Crippen LogP contribution in [0.5, 0.6) is 0 Å². The number of hydrogen-bond acceptors (Lipinski definition) is 2. The Hall–Kier alpha value is -1.15. The molecular formula is C12H15NO. The molecule has 2 heteroatoms. The number of Topliss-reactive ketones (excluding diaryl/α,β-unsaturated/α-hetero) is 1. The Morgan fingerprint density at radius 3 is 2.79 bits per heavy atom. The van der Waals surface area contributed by atoms with E-state index in [2.05, 4.69) is 17.4 Å². The Morgan fingerprint density at radius 1 is 1.21 bits per heavy atom. The largest absolute Gasteiger partial charge is 0.303 e. The molecule has 1 aromatic carbocycles. The van der Waals surface area contributed by atoms with Gasteiger partial charge in [-0.1, -0.05) is 30.3 Å². The summed E-state index contributed by atoms with van der Waals surface area (Å²) in [5.74, 6) is 0.337. The van der Waals surface area contributed by atoms with Crippen LogP contribution in [0.25, 0.3) is 0 Å². The minimum absolute atomic E-state index is 0.337. The molecule has 0 radical (unpaired) electrons. The summed E-state index contributed by atoms with van der Waals surface area (Å²) in [7, 11) is 0. The molecule has 0 amide bonds. The number of rotatable bonds is 1. The van der Waals surface area contributed by atoms with Crippen LogP contribution in [0.1, 0.15) is 30.9 Å². The molecule has 1 aliphatic heterocycles. The molecule has 2 nitrogen and oxygen atoms in total. The number of nitrogens with one attached hydrogen (secondary N) is 1. The lowest BCUT2D eigenvalue weighted by atomic mass is 10.0. The van der Waals surface area contributed by atoms with Crippen LogP contribution in [-0.4, -0.2) is 12.3 Å². The molecule has 14 heavy (non-hydrogen) atoms. The lowest BCUT2D eigenvalue weighted by molar-refractivity contribution is -0.118. The summed E-state index contributed by atoms with van der Waals surface area (Å²) in [5.41, 5.74) is 1.29. The molecule has 1 fully saturated rings. The quantitative estimate of drug-likeness (QED) is 0.732. The number of hydrogen-bond donors (Lipinski definition) is 1. The summed E-state index contributed by atoms with van der Waals surface area (Å²) in [5, 5.41) is 3.30. The maximum Gasteiger partial charge on any atom is 0.146 e. The SMILES string of the molecule is O=C1CCCC(c2ccccc2)NC1. The topological polar surface area (TPSA) is 29.1 Å². The van der Waals surface area contributed by atoms with E-state index < -0.39 is 0 Å². The van der Waals surface area contributed by atoms with E-state index in [9.17, 15) is 4.79 Å². The van der Waals surface area contributed by atoms with E-state index in [-0.39, 0.29) is 0 Å². The van der Waals surface area contributed by atoms with Gasteiger partial charge in [0.1, 0.15) is 5.78 Å². The number of carbonyl (C=O) groups is 1. The van der Waals surface area contributed by atoms with Crippen molar-refractivity contribution < 1.29 is 4.79 Å². The van der Waals surface area contributed by atoms with Gasteiger partial charge in [0.05, 0.1) is 6.54 Å². The number of ketones is 1. The summed E-state index contributed by atoms with van der Waals surface area (Å²) >= 11 is 0. The fourth-order valence-corrected chi connectivity index (χ4v) is 1.90. The number of benzene rings is 1. The average Bonchev–Trinajstić information content (AvgIpc) is 2.44. The smallest absolute Gasteiger partial charge is 0.146 e. The second-order valence-electron chi connectivity index (χ2n) is 3.78. The second-order valence-corrected chi connectivity index (χ2v) is 3.78. The third kappa shape index (κ3) is 2.20. The molecule has 2 rings (SSSR count). The van der Waals surface area contributed by atoms with Crippen molar-refractivity contribution in [1.82, 2.24) is 5.32 Å². The van der Waals surface area contributed by atoms with Crippen molar-refractivity contribution in [2.75, 3.05) is 6.54 Å². The van der Waals surface area contributed by atoms with Crippen molar-refractivity contribution in [3.63, 3.8) is 0 Å². The molecule has 0 aliphatic carbocycles. The molecule has 1 saturated heterocycles. The predicted molar refractivity (Wildman–Crippen MR) is 56.0 cm³/mol. The lowest BCUT2D eigenvalue weighted by Gasteiger charge is -2.15. The third-order valence-electron chi connectivity index (χ3n) is 2.70. The van der Waals surface area contributed by atoms with Crippen LogP contribution in [0.3, 0.4) is 0 Å². The van der Waals surface area contributed by atoms with Gasteiger partial charge in [-0.05, 0) is 18.4 Å². The highest BCUT2D eigenvalue weighted by molar-refractivity contribution is 5.80. The van der Waals surface area contributed by atoms with E-state index >= 15 is 0 Å². The van der Waals surface area contributed by atoms with Crippen LogP contribution in [0.15, 0.2) is 30.3 Å². The molecule has 1 aliphatic rings. The van der Waals surface area contributed by atoms with Crippen LogP contribution in [0, 0.1) is 0 Å². The monoisotopic (exact) mass is 189 g/mol. The lowest BCUT2D eigenvalue weighted by Crippen LogP contribution is -2.24. The van der Waals surface area contributed by atoms with E-state index in [0.29, 0.717) is 18.4 Å². The maximum atomic E-state index is 11.2. The molecule has 1 N–H and O–H groups in total. The molecule has 1 unspecified atom stereocenters. The van der Waals surface area contributed by atoms with Crippen molar-refractivity contribution in [2.24, 2.45) is 0 Å². The Kier molecular flexibility index (Phi) is 2.94. The van der Waals surface area contributed by atoms with Gasteiger partial charge >= 0.3 is 0 Å². The van der Waals surface area contributed by atoms with Crippen molar-refractivity contribution in [3.05, 3.63) is 35.9 Å². The first-order valence-electron chi connectivity index (χ1n) is 5.16. The van der Waals surface area contributed by atoms with Gasteiger partial charge in [0, 0.05) is 12.5 Å². The van der Waals surface area contributed by atoms with Crippen molar-refractivity contribution in [2.45, 2.75) is 25.3 Å². The van der Waals surface area contributed by atoms with Crippen LogP contribution >= 0.6 is 0 Å². The van der Waals surface area contributed by atoms with Crippen LogP contribution in [0.2, 0.25) is 0 Å². The first-order chi connectivity index (χ1) is 6.86. The summed E-state index contributed by atoms with van der Waals surface area (Å²) in [4.78, 5) is 11.2. The van der Waals surface area contributed by atoms with E-state index in [1.54, 1.807) is 0 Å². The normalized spacial score (nSPS) is 23.1. The molecule has 0 bridgehead atoms. The minimum Gasteiger partial charge on any atom is -0.303 e. The zero-order valence-corrected chi connectivity index (χ0v) is 8.20. The zero-order chi connectivity index (χ0) is 9.80. The molecule has 0 aromatic heterocycles. The first kappa shape index (κ1) is 9.41. The fraction of sp³-hybridized carbons (Fsp3) is 0.417. The van der Waals surface area contributed by atoms with Crippen LogP contribution in [-0.2, 0) is 4.79 Å². The molecule has 0 saturated carbocycles. The van der Waals surface area contributed by atoms with Gasteiger partial charge in [-0.25, -0.2) is 0 Å². The first-order valence-corrected chi connectivity index (χ1v) is 5.16. The van der Waals surface area contributed by atoms with Gasteiger partial charge in [-0.2, -0.15) is 0 Å². The molecule has 74 valence electrons. The molecule has 1 aromatic rings. The Labute approximate surface area is 84.3 Å². The summed E-state index contributed by atoms with van der Waals surface area (Å²) in [6.45, 7) is 0.527. The predicted octanol–water partition coefficient (Wildman–Crippen LogP) is 2.07. The second kappa shape index (κ2) is 4.38. The zero-order valence-electron chi connectivity index (χ0n) is 8.20. The standard InChI is InChI=1S/C12H15NO/c14-11-7-4-8-12(13-9-11)10-5-2-1-3-6-10/h1-3,5-6,12-13H,4,7-9H2. The highest BCUT2D eigenvalue weighted by Crippen LogP contribution is 2.21. The molecule has 1 heterocycles. The van der Waals surface area contributed by atoms with E-state index in [1.165, 1.54) is 5.56 Å². The minimum atomic E-state index is 0.337. The maximum absolute atomic E-state index is 11.2. The summed E-state index contributed by atoms with van der Waals surface area (Å²) in [6.07, 6.45) is 2.80. The fourth-order valence-electron chi connectivity index (χ4n) is 1.90. The van der Waals surface area contributed by atoms with Gasteiger partial charge in [-0.15, -0.1) is 0 Å². The Balaban J connectivity index is 2.08. The van der Waals surface area contributed by atoms with Gasteiger partial charge in [-0.3, -0.25) is 4.79 Å². The Bertz CT molecular complexity index is 307. The van der Waals surface area contributed by atoms with Crippen LogP contribution in [0.4, 0.5) is 0 Å². The van der Waals surface area contributed by atoms with Crippen LogP contribution < -0.4 is 5.32 Å². The van der Waals surface area contributed by atoms with Crippen molar-refractivity contribution in [1.29, 1.82) is 0 Å². The van der Waals surface area contributed by atoms with E-state index in [1.807, 2.05) is 18.2 Å². The van der Waals surface area contributed by atoms with E-state index in [0.717, 1.165) is 19.3 Å². The van der Waals surface area contributed by atoms with Gasteiger partial charge in [0.15, 0.2) is 0 Å². The third-order valence-corrected chi connectivity index (χ3v) is 2.70. The van der Waals surface area contributed by atoms with Gasteiger partial charge < -0.3 is 5.32 Å². The van der Waals surface area contributed by atoms with Crippen molar-refractivity contribution >= 4 is 5.78 Å². The van der Waals surface area contributed by atoms with Crippen molar-refractivity contribution in [3.8, 4) is 0 Å². The summed E-state index contributed by atoms with van der Waals surface area (Å²) < 4.78 is 0. The van der Waals surface area contributed by atoms with E-state index in [4.69, 9.17) is 0 Å². The summed E-state index contributed by atoms with van der Waals surface area (Å²) in [6, 6.07) is 10.7. The average molecular weight is 189 g/mol. The highest BCUT2D eigenvalue weighted by Gasteiger charge is 2.16. The number of carbonyl (C=O) groups excluding carboxylic acids is 1. The molecule has 0 spiro atoms. The molecular weight excluding hydrogens is 174 g/mol. The Morgan fingerprint density at radius 2 is 2.00 bits per heavy atom.